The molecule has 23 heavy (non-hydrogen) atoms. The molecule has 0 radical (unpaired) electrons. The Balaban J connectivity index is 2.32. The number of pyridine rings is 1. The van der Waals surface area contributed by atoms with Crippen LogP contribution >= 0.6 is 11.6 Å². The number of fused-ring (bicyclic) bond motifs is 1. The van der Waals surface area contributed by atoms with Gasteiger partial charge in [0.1, 0.15) is 0 Å². The Hall–Kier alpha value is -2.86. The van der Waals surface area contributed by atoms with Gasteiger partial charge in [0.25, 0.3) is 11.2 Å². The van der Waals surface area contributed by atoms with Gasteiger partial charge in [0.2, 0.25) is 5.88 Å². The first-order valence-electron chi connectivity index (χ1n) is 6.68. The van der Waals surface area contributed by atoms with Gasteiger partial charge in [-0.15, -0.1) is 0 Å². The lowest BCUT2D eigenvalue weighted by Crippen LogP contribution is -2.18. The molecule has 0 aliphatic carbocycles. The van der Waals surface area contributed by atoms with E-state index in [-0.39, 0.29) is 11.6 Å². The number of aryl methyl sites for hydroxylation is 1. The van der Waals surface area contributed by atoms with Gasteiger partial charge in [-0.25, -0.2) is 4.57 Å². The van der Waals surface area contributed by atoms with Crippen molar-refractivity contribution < 1.29 is 10.0 Å². The lowest BCUT2D eigenvalue weighted by molar-refractivity contribution is -0.384. The molecule has 1 heterocycles. The summed E-state index contributed by atoms with van der Waals surface area (Å²) in [7, 11) is 0. The summed E-state index contributed by atoms with van der Waals surface area (Å²) >= 11 is 5.94. The predicted molar refractivity (Wildman–Crippen MR) is 87.6 cm³/mol. The molecule has 2 aromatic carbocycles. The maximum absolute atomic E-state index is 12.3. The molecule has 6 nitrogen and oxygen atoms in total. The number of aromatic hydroxyl groups is 1. The van der Waals surface area contributed by atoms with Crippen LogP contribution in [0.1, 0.15) is 5.56 Å². The molecule has 116 valence electrons. The summed E-state index contributed by atoms with van der Waals surface area (Å²) < 4.78 is 1.11. The lowest BCUT2D eigenvalue weighted by atomic mass is 10.1. The number of nitrogens with zero attached hydrogens (tertiary/aromatic N) is 2. The molecule has 1 aromatic heterocycles. The van der Waals surface area contributed by atoms with Crippen LogP contribution < -0.4 is 5.56 Å². The second-order valence-corrected chi connectivity index (χ2v) is 5.54. The Labute approximate surface area is 135 Å². The van der Waals surface area contributed by atoms with Crippen LogP contribution in [-0.4, -0.2) is 14.6 Å². The Morgan fingerprint density at radius 1 is 1.17 bits per heavy atom. The van der Waals surface area contributed by atoms with Crippen LogP contribution in [0.4, 0.5) is 5.69 Å². The van der Waals surface area contributed by atoms with Crippen molar-refractivity contribution in [1.29, 1.82) is 0 Å². The van der Waals surface area contributed by atoms with Crippen molar-refractivity contribution in [3.63, 3.8) is 0 Å². The number of non-ortho nitro benzene ring substituents is 1. The van der Waals surface area contributed by atoms with E-state index in [2.05, 4.69) is 0 Å². The monoisotopic (exact) mass is 330 g/mol. The second kappa shape index (κ2) is 5.40. The number of hydrogen-bond acceptors (Lipinski definition) is 4. The zero-order chi connectivity index (χ0) is 16.7. The molecule has 0 aliphatic heterocycles. The summed E-state index contributed by atoms with van der Waals surface area (Å²) in [5.41, 5.74) is 0.356. The fourth-order valence-electron chi connectivity index (χ4n) is 2.51. The Morgan fingerprint density at radius 2 is 1.91 bits per heavy atom. The highest BCUT2D eigenvalue weighted by atomic mass is 35.5. The number of hydrogen-bond donors (Lipinski definition) is 1. The average molecular weight is 331 g/mol. The van der Waals surface area contributed by atoms with Gasteiger partial charge < -0.3 is 5.11 Å². The number of rotatable bonds is 2. The predicted octanol–water partition coefficient (Wildman–Crippen LogP) is 3.57. The third-order valence-electron chi connectivity index (χ3n) is 3.60. The van der Waals surface area contributed by atoms with Gasteiger partial charge in [-0.1, -0.05) is 17.7 Å². The van der Waals surface area contributed by atoms with E-state index in [0.717, 1.165) is 4.57 Å². The molecule has 0 unspecified atom stereocenters. The third kappa shape index (κ3) is 2.53. The van der Waals surface area contributed by atoms with Crippen molar-refractivity contribution >= 4 is 28.1 Å². The van der Waals surface area contributed by atoms with Crippen LogP contribution in [0.5, 0.6) is 5.88 Å². The normalized spacial score (nSPS) is 10.9. The highest BCUT2D eigenvalue weighted by molar-refractivity contribution is 6.31. The Bertz CT molecular complexity index is 1010. The quantitative estimate of drug-likeness (QED) is 0.575. The van der Waals surface area contributed by atoms with E-state index in [0.29, 0.717) is 27.0 Å². The minimum atomic E-state index is -0.514. The standard InChI is InChI=1S/C16H11ClN2O4/c1-9-6-12(19(22)23)4-5-14(9)18-15(20)7-10-2-3-11(17)8-13(10)16(18)21/h2-8,21H,1H3. The number of halogens is 1. The van der Waals surface area contributed by atoms with Gasteiger partial charge in [0, 0.05) is 28.6 Å². The molecule has 7 heteroatoms. The van der Waals surface area contributed by atoms with Crippen molar-refractivity contribution in [2.45, 2.75) is 6.92 Å². The molecule has 3 rings (SSSR count). The van der Waals surface area contributed by atoms with Gasteiger partial charge in [-0.3, -0.25) is 14.9 Å². The first-order chi connectivity index (χ1) is 10.9. The van der Waals surface area contributed by atoms with E-state index in [9.17, 15) is 20.0 Å². The van der Waals surface area contributed by atoms with Crippen LogP contribution in [0.3, 0.4) is 0 Å². The van der Waals surface area contributed by atoms with Crippen LogP contribution in [0.2, 0.25) is 5.02 Å². The minimum Gasteiger partial charge on any atom is -0.494 e. The first kappa shape index (κ1) is 15.1. The van der Waals surface area contributed by atoms with Crippen molar-refractivity contribution in [3.8, 4) is 11.6 Å². The van der Waals surface area contributed by atoms with E-state index in [1.807, 2.05) is 0 Å². The van der Waals surface area contributed by atoms with E-state index >= 15 is 0 Å². The maximum Gasteiger partial charge on any atom is 0.269 e. The number of nitro groups is 1. The molecule has 0 bridgehead atoms. The van der Waals surface area contributed by atoms with Gasteiger partial charge in [0.05, 0.1) is 10.6 Å². The summed E-state index contributed by atoms with van der Waals surface area (Å²) in [6.07, 6.45) is 0. The molecule has 0 atom stereocenters. The molecular formula is C16H11ClN2O4. The van der Waals surface area contributed by atoms with Crippen LogP contribution in [0.25, 0.3) is 16.5 Å². The van der Waals surface area contributed by atoms with Crippen molar-refractivity contribution in [2.24, 2.45) is 0 Å². The number of aromatic nitrogens is 1. The molecule has 0 fully saturated rings. The fraction of sp³-hybridized carbons (Fsp3) is 0.0625. The molecule has 0 saturated heterocycles. The SMILES string of the molecule is Cc1cc([N+](=O)[O-])ccc1-n1c(O)c2cc(Cl)ccc2cc1=O. The zero-order valence-corrected chi connectivity index (χ0v) is 12.7. The third-order valence-corrected chi connectivity index (χ3v) is 3.83. The van der Waals surface area contributed by atoms with Crippen molar-refractivity contribution in [3.05, 3.63) is 73.5 Å². The molecule has 0 saturated carbocycles. The van der Waals surface area contributed by atoms with Crippen molar-refractivity contribution in [1.82, 2.24) is 4.57 Å². The maximum atomic E-state index is 12.3. The van der Waals surface area contributed by atoms with Gasteiger partial charge in [-0.2, -0.15) is 0 Å². The number of benzene rings is 2. The highest BCUT2D eigenvalue weighted by Crippen LogP contribution is 2.29. The second-order valence-electron chi connectivity index (χ2n) is 5.10. The lowest BCUT2D eigenvalue weighted by Gasteiger charge is -2.13. The Kier molecular flexibility index (Phi) is 3.54. The molecule has 0 amide bonds. The fourth-order valence-corrected chi connectivity index (χ4v) is 2.68. The summed E-state index contributed by atoms with van der Waals surface area (Å²) in [4.78, 5) is 22.7. The van der Waals surface area contributed by atoms with Crippen LogP contribution in [-0.2, 0) is 0 Å². The Morgan fingerprint density at radius 3 is 2.57 bits per heavy atom. The van der Waals surface area contributed by atoms with E-state index in [4.69, 9.17) is 11.6 Å². The van der Waals surface area contributed by atoms with Gasteiger partial charge >= 0.3 is 0 Å². The van der Waals surface area contributed by atoms with Crippen LogP contribution in [0, 0.1) is 17.0 Å². The molecule has 0 aliphatic rings. The highest BCUT2D eigenvalue weighted by Gasteiger charge is 2.15. The van der Waals surface area contributed by atoms with Gasteiger partial charge in [-0.05, 0) is 36.1 Å². The first-order valence-corrected chi connectivity index (χ1v) is 7.06. The average Bonchev–Trinajstić information content (AvgIpc) is 2.49. The summed E-state index contributed by atoms with van der Waals surface area (Å²) in [6.45, 7) is 1.64. The molecule has 0 spiro atoms. The zero-order valence-electron chi connectivity index (χ0n) is 12.0. The summed E-state index contributed by atoms with van der Waals surface area (Å²) in [6, 6.07) is 10.3. The summed E-state index contributed by atoms with van der Waals surface area (Å²) in [5, 5.41) is 22.7. The largest absolute Gasteiger partial charge is 0.494 e. The molecule has 3 aromatic rings. The van der Waals surface area contributed by atoms with Gasteiger partial charge in [0.15, 0.2) is 0 Å². The van der Waals surface area contributed by atoms with E-state index in [1.54, 1.807) is 25.1 Å². The van der Waals surface area contributed by atoms with E-state index in [1.165, 1.54) is 24.3 Å². The minimum absolute atomic E-state index is 0.0809. The molecular weight excluding hydrogens is 320 g/mol. The smallest absolute Gasteiger partial charge is 0.269 e. The number of nitro benzene ring substituents is 1. The van der Waals surface area contributed by atoms with Crippen LogP contribution in [0.15, 0.2) is 47.3 Å². The molecule has 1 N–H and O–H groups in total. The topological polar surface area (TPSA) is 85.4 Å². The van der Waals surface area contributed by atoms with Crippen molar-refractivity contribution in [2.75, 3.05) is 0 Å². The summed E-state index contributed by atoms with van der Waals surface area (Å²) in [5.74, 6) is -0.257. The van der Waals surface area contributed by atoms with E-state index < -0.39 is 10.5 Å².